The van der Waals surface area contributed by atoms with Crippen LogP contribution in [0.2, 0.25) is 0 Å². The Bertz CT molecular complexity index is 1020. The number of aromatic hydroxyl groups is 1. The van der Waals surface area contributed by atoms with Gasteiger partial charge in [0.15, 0.2) is 0 Å². The van der Waals surface area contributed by atoms with Gasteiger partial charge in [0.05, 0.1) is 10.5 Å². The summed E-state index contributed by atoms with van der Waals surface area (Å²) in [6, 6.07) is 15.1. The number of phenols is 1. The number of amides is 2. The van der Waals surface area contributed by atoms with E-state index in [1.54, 1.807) is 24.3 Å². The zero-order valence-corrected chi connectivity index (χ0v) is 13.3. The summed E-state index contributed by atoms with van der Waals surface area (Å²) in [5, 5.41) is 22.1. The van der Waals surface area contributed by atoms with Crippen molar-refractivity contribution in [3.63, 3.8) is 0 Å². The van der Waals surface area contributed by atoms with Gasteiger partial charge in [-0.15, -0.1) is 0 Å². The van der Waals surface area contributed by atoms with Crippen LogP contribution in [0.5, 0.6) is 5.75 Å². The van der Waals surface area contributed by atoms with Crippen molar-refractivity contribution in [3.05, 3.63) is 81.9 Å². The van der Waals surface area contributed by atoms with E-state index in [1.165, 1.54) is 30.3 Å². The van der Waals surface area contributed by atoms with Crippen LogP contribution in [-0.2, 0) is 0 Å². The normalized spacial score (nSPS) is 10.3. The molecule has 0 saturated carbocycles. The van der Waals surface area contributed by atoms with Gasteiger partial charge in [0.25, 0.3) is 17.5 Å². The van der Waals surface area contributed by atoms with E-state index in [4.69, 9.17) is 0 Å². The molecule has 0 aliphatic heterocycles. The minimum Gasteiger partial charge on any atom is -0.506 e. The van der Waals surface area contributed by atoms with Crippen LogP contribution in [0.4, 0.5) is 5.69 Å². The highest BCUT2D eigenvalue weighted by Crippen LogP contribution is 2.28. The average molecular weight is 351 g/mol. The molecule has 26 heavy (non-hydrogen) atoms. The molecule has 0 atom stereocenters. The van der Waals surface area contributed by atoms with E-state index in [0.717, 1.165) is 5.39 Å². The third-order valence-corrected chi connectivity index (χ3v) is 3.78. The van der Waals surface area contributed by atoms with E-state index in [2.05, 4.69) is 10.9 Å². The predicted molar refractivity (Wildman–Crippen MR) is 93.6 cm³/mol. The number of benzene rings is 3. The number of fused-ring (bicyclic) bond motifs is 1. The predicted octanol–water partition coefficient (Wildman–Crippen LogP) is 2.53. The molecule has 0 unspecified atom stereocenters. The van der Waals surface area contributed by atoms with Crippen molar-refractivity contribution < 1.29 is 19.6 Å². The van der Waals surface area contributed by atoms with E-state index in [1.807, 2.05) is 6.07 Å². The van der Waals surface area contributed by atoms with Crippen molar-refractivity contribution >= 4 is 28.3 Å². The fourth-order valence-electron chi connectivity index (χ4n) is 2.43. The van der Waals surface area contributed by atoms with Crippen molar-refractivity contribution in [2.24, 2.45) is 0 Å². The first-order valence-electron chi connectivity index (χ1n) is 7.53. The second-order valence-electron chi connectivity index (χ2n) is 5.40. The summed E-state index contributed by atoms with van der Waals surface area (Å²) in [6.07, 6.45) is 0. The maximum absolute atomic E-state index is 12.2. The van der Waals surface area contributed by atoms with Crippen LogP contribution in [0.15, 0.2) is 60.7 Å². The molecule has 3 N–H and O–H groups in total. The molecule has 0 saturated heterocycles. The van der Waals surface area contributed by atoms with Gasteiger partial charge < -0.3 is 5.11 Å². The highest BCUT2D eigenvalue weighted by atomic mass is 16.6. The second kappa shape index (κ2) is 6.89. The summed E-state index contributed by atoms with van der Waals surface area (Å²) in [6.45, 7) is 0. The lowest BCUT2D eigenvalue weighted by atomic mass is 10.1. The highest BCUT2D eigenvalue weighted by molar-refractivity contribution is 6.04. The molecular weight excluding hydrogens is 338 g/mol. The third-order valence-electron chi connectivity index (χ3n) is 3.78. The first-order valence-corrected chi connectivity index (χ1v) is 7.53. The molecule has 0 spiro atoms. The molecule has 0 aromatic heterocycles. The first-order chi connectivity index (χ1) is 12.5. The number of phenolic OH excluding ortho intramolecular Hbond substituents is 1. The molecule has 3 aromatic rings. The number of nitrogens with zero attached hydrogens (tertiary/aromatic N) is 1. The Morgan fingerprint density at radius 3 is 2.23 bits per heavy atom. The Labute approximate surface area is 147 Å². The first kappa shape index (κ1) is 16.9. The molecule has 0 fully saturated rings. The lowest BCUT2D eigenvalue weighted by Gasteiger charge is -2.10. The number of hydrazine groups is 1. The van der Waals surface area contributed by atoms with Crippen molar-refractivity contribution in [1.82, 2.24) is 10.9 Å². The SMILES string of the molecule is O=C(NNC(=O)c1ccc2ccccc2c1O)c1ccc([N+](=O)[O-])cc1. The summed E-state index contributed by atoms with van der Waals surface area (Å²) in [7, 11) is 0. The van der Waals surface area contributed by atoms with Gasteiger partial charge in [-0.1, -0.05) is 30.3 Å². The standard InChI is InChI=1S/C18H13N3O5/c22-16-14-4-2-1-3-11(14)7-10-15(16)18(24)20-19-17(23)12-5-8-13(9-6-12)21(25)26/h1-10,22H,(H,19,23)(H,20,24). The molecule has 0 aliphatic rings. The van der Waals surface area contributed by atoms with Crippen LogP contribution in [0, 0.1) is 10.1 Å². The molecule has 2 amide bonds. The Hall–Kier alpha value is -3.94. The fourth-order valence-corrected chi connectivity index (χ4v) is 2.43. The number of carbonyl (C=O) groups excluding carboxylic acids is 2. The number of non-ortho nitro benzene ring substituents is 1. The summed E-state index contributed by atoms with van der Waals surface area (Å²) in [5.41, 5.74) is 4.41. The zero-order chi connectivity index (χ0) is 18.7. The summed E-state index contributed by atoms with van der Waals surface area (Å²) in [4.78, 5) is 34.2. The molecule has 3 aromatic carbocycles. The smallest absolute Gasteiger partial charge is 0.273 e. The topological polar surface area (TPSA) is 122 Å². The number of hydrogen-bond donors (Lipinski definition) is 3. The van der Waals surface area contributed by atoms with Gasteiger partial charge in [-0.25, -0.2) is 0 Å². The van der Waals surface area contributed by atoms with Gasteiger partial charge >= 0.3 is 0 Å². The molecule has 0 radical (unpaired) electrons. The van der Waals surface area contributed by atoms with E-state index < -0.39 is 16.7 Å². The lowest BCUT2D eigenvalue weighted by molar-refractivity contribution is -0.384. The largest absolute Gasteiger partial charge is 0.506 e. The highest BCUT2D eigenvalue weighted by Gasteiger charge is 2.15. The van der Waals surface area contributed by atoms with E-state index in [-0.39, 0.29) is 22.6 Å². The van der Waals surface area contributed by atoms with Crippen molar-refractivity contribution in [2.75, 3.05) is 0 Å². The van der Waals surface area contributed by atoms with Gasteiger partial charge in [0.2, 0.25) is 0 Å². The number of rotatable bonds is 3. The average Bonchev–Trinajstić information content (AvgIpc) is 2.66. The molecule has 0 heterocycles. The summed E-state index contributed by atoms with van der Waals surface area (Å²) >= 11 is 0. The number of carbonyl (C=O) groups is 2. The van der Waals surface area contributed by atoms with Crippen LogP contribution in [0.25, 0.3) is 10.8 Å². The molecule has 0 aliphatic carbocycles. The molecule has 8 nitrogen and oxygen atoms in total. The van der Waals surface area contributed by atoms with Crippen LogP contribution in [-0.4, -0.2) is 21.8 Å². The Balaban J connectivity index is 1.71. The van der Waals surface area contributed by atoms with Gasteiger partial charge in [-0.05, 0) is 23.6 Å². The Kier molecular flexibility index (Phi) is 4.48. The van der Waals surface area contributed by atoms with Crippen LogP contribution >= 0.6 is 0 Å². The molecular formula is C18H13N3O5. The lowest BCUT2D eigenvalue weighted by Crippen LogP contribution is -2.41. The number of nitro benzene ring substituents is 1. The van der Waals surface area contributed by atoms with Gasteiger partial charge in [0.1, 0.15) is 5.75 Å². The third kappa shape index (κ3) is 3.29. The van der Waals surface area contributed by atoms with E-state index in [9.17, 15) is 24.8 Å². The molecule has 8 heteroatoms. The van der Waals surface area contributed by atoms with Gasteiger partial charge in [-0.3, -0.25) is 30.6 Å². The quantitative estimate of drug-likeness (QED) is 0.494. The minimum absolute atomic E-state index is 0.00713. The monoisotopic (exact) mass is 351 g/mol. The second-order valence-corrected chi connectivity index (χ2v) is 5.40. The minimum atomic E-state index is -0.691. The molecule has 0 bridgehead atoms. The van der Waals surface area contributed by atoms with Crippen molar-refractivity contribution in [2.45, 2.75) is 0 Å². The maximum atomic E-state index is 12.2. The van der Waals surface area contributed by atoms with Gasteiger partial charge in [0, 0.05) is 23.1 Å². The maximum Gasteiger partial charge on any atom is 0.273 e. The Morgan fingerprint density at radius 1 is 0.885 bits per heavy atom. The molecule has 3 rings (SSSR count). The number of nitrogens with one attached hydrogen (secondary N) is 2. The Morgan fingerprint density at radius 2 is 1.54 bits per heavy atom. The molecule has 130 valence electrons. The van der Waals surface area contributed by atoms with Gasteiger partial charge in [-0.2, -0.15) is 0 Å². The number of nitro groups is 1. The zero-order valence-electron chi connectivity index (χ0n) is 13.3. The summed E-state index contributed by atoms with van der Waals surface area (Å²) < 4.78 is 0. The van der Waals surface area contributed by atoms with Crippen LogP contribution in [0.3, 0.4) is 0 Å². The van der Waals surface area contributed by atoms with E-state index in [0.29, 0.717) is 5.39 Å². The van der Waals surface area contributed by atoms with Crippen LogP contribution in [0.1, 0.15) is 20.7 Å². The fraction of sp³-hybridized carbons (Fsp3) is 0. The van der Waals surface area contributed by atoms with Crippen molar-refractivity contribution in [1.29, 1.82) is 0 Å². The number of hydrogen-bond acceptors (Lipinski definition) is 5. The summed E-state index contributed by atoms with van der Waals surface area (Å²) in [5.74, 6) is -1.53. The van der Waals surface area contributed by atoms with Crippen molar-refractivity contribution in [3.8, 4) is 5.75 Å². The van der Waals surface area contributed by atoms with Crippen LogP contribution < -0.4 is 10.9 Å². The van der Waals surface area contributed by atoms with E-state index >= 15 is 0 Å².